The molecule has 2 aromatic heterocycles. The van der Waals surface area contributed by atoms with E-state index in [1.54, 1.807) is 54.5 Å². The molecule has 3 heterocycles. The Morgan fingerprint density at radius 3 is 2.93 bits per heavy atom. The van der Waals surface area contributed by atoms with Crippen LogP contribution in [0.2, 0.25) is 0 Å². The zero-order valence-electron chi connectivity index (χ0n) is 15.2. The molecule has 1 aromatic carbocycles. The Morgan fingerprint density at radius 2 is 2.14 bits per heavy atom. The Labute approximate surface area is 160 Å². The van der Waals surface area contributed by atoms with Crippen LogP contribution in [0.5, 0.6) is 5.75 Å². The largest absolute Gasteiger partial charge is 0.497 e. The zero-order valence-corrected chi connectivity index (χ0v) is 15.2. The van der Waals surface area contributed by atoms with Crippen molar-refractivity contribution >= 4 is 17.6 Å². The van der Waals surface area contributed by atoms with Gasteiger partial charge in [-0.05, 0) is 24.3 Å². The van der Waals surface area contributed by atoms with Crippen molar-refractivity contribution in [3.05, 3.63) is 54.4 Å². The van der Waals surface area contributed by atoms with Crippen molar-refractivity contribution < 1.29 is 28.0 Å². The van der Waals surface area contributed by atoms with Gasteiger partial charge < -0.3 is 23.3 Å². The highest BCUT2D eigenvalue weighted by molar-refractivity contribution is 5.99. The van der Waals surface area contributed by atoms with Gasteiger partial charge in [0.2, 0.25) is 11.7 Å². The maximum absolute atomic E-state index is 12.4. The molecular weight excluding hydrogens is 364 g/mol. The minimum absolute atomic E-state index is 0.0348. The van der Waals surface area contributed by atoms with Crippen molar-refractivity contribution in [3.8, 4) is 17.3 Å². The van der Waals surface area contributed by atoms with Gasteiger partial charge in [0.05, 0.1) is 19.3 Å². The zero-order chi connectivity index (χ0) is 19.5. The number of carbonyl (C=O) groups is 2. The Bertz CT molecular complexity index is 978. The number of rotatable bonds is 6. The maximum Gasteiger partial charge on any atom is 0.311 e. The van der Waals surface area contributed by atoms with Crippen molar-refractivity contribution in [3.63, 3.8) is 0 Å². The van der Waals surface area contributed by atoms with E-state index in [0.29, 0.717) is 28.7 Å². The minimum Gasteiger partial charge on any atom is -0.497 e. The summed E-state index contributed by atoms with van der Waals surface area (Å²) in [5, 5.41) is 3.86. The molecule has 0 spiro atoms. The molecule has 3 aromatic rings. The number of hydrogen-bond donors (Lipinski definition) is 0. The molecule has 1 aliphatic rings. The molecule has 144 valence electrons. The van der Waals surface area contributed by atoms with Crippen molar-refractivity contribution in [2.75, 3.05) is 18.6 Å². The SMILES string of the molecule is COc1cccc(N2CC(C(=O)OCc3cc(-c4ccco4)on3)CC2=O)c1. The van der Waals surface area contributed by atoms with E-state index in [1.165, 1.54) is 6.26 Å². The number of carbonyl (C=O) groups excluding carboxylic acids is 2. The van der Waals surface area contributed by atoms with Crippen molar-refractivity contribution in [2.45, 2.75) is 13.0 Å². The number of benzene rings is 1. The van der Waals surface area contributed by atoms with Gasteiger partial charge in [0, 0.05) is 30.8 Å². The predicted molar refractivity (Wildman–Crippen MR) is 97.5 cm³/mol. The first kappa shape index (κ1) is 17.8. The van der Waals surface area contributed by atoms with Gasteiger partial charge in [0.25, 0.3) is 0 Å². The Balaban J connectivity index is 1.36. The fourth-order valence-electron chi connectivity index (χ4n) is 3.07. The molecule has 28 heavy (non-hydrogen) atoms. The Kier molecular flexibility index (Phi) is 4.84. The lowest BCUT2D eigenvalue weighted by atomic mass is 10.1. The second-order valence-corrected chi connectivity index (χ2v) is 6.37. The van der Waals surface area contributed by atoms with Crippen LogP contribution in [0.15, 0.2) is 57.7 Å². The maximum atomic E-state index is 12.4. The summed E-state index contributed by atoms with van der Waals surface area (Å²) in [6, 6.07) is 12.3. The van der Waals surface area contributed by atoms with Gasteiger partial charge in [-0.3, -0.25) is 9.59 Å². The molecule has 0 N–H and O–H groups in total. The van der Waals surface area contributed by atoms with Crippen molar-refractivity contribution in [1.29, 1.82) is 0 Å². The molecule has 1 amide bonds. The number of hydrogen-bond acceptors (Lipinski definition) is 7. The number of furan rings is 1. The van der Waals surface area contributed by atoms with E-state index in [4.69, 9.17) is 18.4 Å². The summed E-state index contributed by atoms with van der Waals surface area (Å²) in [7, 11) is 1.56. The Morgan fingerprint density at radius 1 is 1.25 bits per heavy atom. The average molecular weight is 382 g/mol. The first-order valence-corrected chi connectivity index (χ1v) is 8.74. The lowest BCUT2D eigenvalue weighted by molar-refractivity contribution is -0.149. The summed E-state index contributed by atoms with van der Waals surface area (Å²) in [6.07, 6.45) is 1.63. The summed E-state index contributed by atoms with van der Waals surface area (Å²) in [5.41, 5.74) is 1.16. The van der Waals surface area contributed by atoms with Gasteiger partial charge in [-0.15, -0.1) is 0 Å². The number of nitrogens with zero attached hydrogens (tertiary/aromatic N) is 2. The molecule has 1 unspecified atom stereocenters. The third kappa shape index (κ3) is 3.62. The van der Waals surface area contributed by atoms with Crippen molar-refractivity contribution in [2.24, 2.45) is 5.92 Å². The first-order valence-electron chi connectivity index (χ1n) is 8.74. The quantitative estimate of drug-likeness (QED) is 0.605. The first-order chi connectivity index (χ1) is 13.6. The standard InChI is InChI=1S/C20H18N2O6/c1-25-16-5-2-4-15(10-16)22-11-13(8-19(22)23)20(24)27-12-14-9-18(28-21-14)17-6-3-7-26-17/h2-7,9-10,13H,8,11-12H2,1H3. The van der Waals surface area contributed by atoms with Gasteiger partial charge in [0.1, 0.15) is 18.1 Å². The van der Waals surface area contributed by atoms with Gasteiger partial charge in [0.15, 0.2) is 5.76 Å². The monoisotopic (exact) mass is 382 g/mol. The van der Waals surface area contributed by atoms with Gasteiger partial charge in [-0.25, -0.2) is 0 Å². The Hall–Kier alpha value is -3.55. The number of esters is 1. The van der Waals surface area contributed by atoms with Crippen LogP contribution >= 0.6 is 0 Å². The molecule has 1 aliphatic heterocycles. The summed E-state index contributed by atoms with van der Waals surface area (Å²) in [5.74, 6) is 0.541. The second-order valence-electron chi connectivity index (χ2n) is 6.37. The van der Waals surface area contributed by atoms with E-state index in [0.717, 1.165) is 0 Å². The summed E-state index contributed by atoms with van der Waals surface area (Å²) < 4.78 is 20.9. The number of aromatic nitrogens is 1. The highest BCUT2D eigenvalue weighted by atomic mass is 16.5. The van der Waals surface area contributed by atoms with Gasteiger partial charge in [-0.1, -0.05) is 11.2 Å². The van der Waals surface area contributed by atoms with Crippen LogP contribution < -0.4 is 9.64 Å². The van der Waals surface area contributed by atoms with E-state index >= 15 is 0 Å². The molecule has 0 aliphatic carbocycles. The fraction of sp³-hybridized carbons (Fsp3) is 0.250. The number of anilines is 1. The average Bonchev–Trinajstić information content (AvgIpc) is 3.46. The fourth-order valence-corrected chi connectivity index (χ4v) is 3.07. The number of ether oxygens (including phenoxy) is 2. The predicted octanol–water partition coefficient (Wildman–Crippen LogP) is 3.04. The summed E-state index contributed by atoms with van der Waals surface area (Å²) in [6.45, 7) is 0.230. The third-order valence-corrected chi connectivity index (χ3v) is 4.51. The van der Waals surface area contributed by atoms with E-state index in [-0.39, 0.29) is 25.5 Å². The molecule has 8 nitrogen and oxygen atoms in total. The van der Waals surface area contributed by atoms with Gasteiger partial charge in [-0.2, -0.15) is 0 Å². The smallest absolute Gasteiger partial charge is 0.311 e. The van der Waals surface area contributed by atoms with Crippen LogP contribution in [-0.2, 0) is 20.9 Å². The molecule has 4 rings (SSSR count). The minimum atomic E-state index is -0.532. The van der Waals surface area contributed by atoms with Crippen LogP contribution in [0.4, 0.5) is 5.69 Å². The number of methoxy groups -OCH3 is 1. The van der Waals surface area contributed by atoms with Crippen LogP contribution in [-0.4, -0.2) is 30.7 Å². The molecule has 8 heteroatoms. The molecular formula is C20H18N2O6. The molecule has 1 saturated heterocycles. The molecule has 1 fully saturated rings. The van der Waals surface area contributed by atoms with Crippen LogP contribution in [0, 0.1) is 5.92 Å². The number of amides is 1. The lowest BCUT2D eigenvalue weighted by Gasteiger charge is -2.17. The summed E-state index contributed by atoms with van der Waals surface area (Å²) in [4.78, 5) is 26.3. The van der Waals surface area contributed by atoms with E-state index in [1.807, 2.05) is 0 Å². The normalized spacial score (nSPS) is 16.4. The topological polar surface area (TPSA) is 95.0 Å². The van der Waals surface area contributed by atoms with Crippen LogP contribution in [0.25, 0.3) is 11.5 Å². The van der Waals surface area contributed by atoms with E-state index in [2.05, 4.69) is 5.16 Å². The van der Waals surface area contributed by atoms with Crippen LogP contribution in [0.1, 0.15) is 12.1 Å². The van der Waals surface area contributed by atoms with Crippen LogP contribution in [0.3, 0.4) is 0 Å². The van der Waals surface area contributed by atoms with E-state index < -0.39 is 11.9 Å². The molecule has 0 bridgehead atoms. The molecule has 0 radical (unpaired) electrons. The highest BCUT2D eigenvalue weighted by Gasteiger charge is 2.36. The second kappa shape index (κ2) is 7.59. The summed E-state index contributed by atoms with van der Waals surface area (Å²) >= 11 is 0. The molecule has 1 atom stereocenters. The highest BCUT2D eigenvalue weighted by Crippen LogP contribution is 2.28. The van der Waals surface area contributed by atoms with Crippen molar-refractivity contribution in [1.82, 2.24) is 5.16 Å². The lowest BCUT2D eigenvalue weighted by Crippen LogP contribution is -2.26. The van der Waals surface area contributed by atoms with E-state index in [9.17, 15) is 9.59 Å². The third-order valence-electron chi connectivity index (χ3n) is 4.51. The van der Waals surface area contributed by atoms with Gasteiger partial charge >= 0.3 is 5.97 Å². The molecule has 0 saturated carbocycles.